The van der Waals surface area contributed by atoms with Crippen LogP contribution in [0, 0.1) is 11.3 Å². The van der Waals surface area contributed by atoms with Crippen LogP contribution in [0.1, 0.15) is 40.0 Å². The minimum absolute atomic E-state index is 0.0446. The third-order valence-corrected chi connectivity index (χ3v) is 4.48. The number of carbonyl (C=O) groups excluding carboxylic acids is 2. The van der Waals surface area contributed by atoms with E-state index in [0.29, 0.717) is 13.1 Å². The summed E-state index contributed by atoms with van der Waals surface area (Å²) in [6.07, 6.45) is 2.37. The quantitative estimate of drug-likeness (QED) is 0.732. The highest BCUT2D eigenvalue weighted by atomic mass is 16.7. The van der Waals surface area contributed by atoms with Crippen LogP contribution in [-0.4, -0.2) is 54.8 Å². The van der Waals surface area contributed by atoms with Crippen molar-refractivity contribution in [2.24, 2.45) is 11.3 Å². The first kappa shape index (κ1) is 16.1. The number of hydrogen-bond acceptors (Lipinski definition) is 4. The molecule has 120 valence electrons. The van der Waals surface area contributed by atoms with Gasteiger partial charge < -0.3 is 9.64 Å². The Kier molecular flexibility index (Phi) is 4.19. The van der Waals surface area contributed by atoms with Crippen molar-refractivity contribution in [3.05, 3.63) is 0 Å². The van der Waals surface area contributed by atoms with E-state index in [4.69, 9.17) is 9.57 Å². The van der Waals surface area contributed by atoms with Gasteiger partial charge in [-0.3, -0.25) is 9.63 Å². The Bertz CT molecular complexity index is 422. The Balaban J connectivity index is 1.85. The van der Waals surface area contributed by atoms with Crippen molar-refractivity contribution in [1.29, 1.82) is 0 Å². The Hall–Kier alpha value is -1.30. The number of piperidine rings is 1. The van der Waals surface area contributed by atoms with Crippen molar-refractivity contribution in [1.82, 2.24) is 9.96 Å². The zero-order valence-corrected chi connectivity index (χ0v) is 13.6. The number of amides is 2. The second-order valence-electron chi connectivity index (χ2n) is 7.10. The molecule has 1 saturated heterocycles. The number of carbonyl (C=O) groups is 2. The molecule has 1 saturated carbocycles. The summed E-state index contributed by atoms with van der Waals surface area (Å²) in [7, 11) is 3.14. The van der Waals surface area contributed by atoms with Crippen LogP contribution in [0.2, 0.25) is 0 Å². The van der Waals surface area contributed by atoms with Gasteiger partial charge in [0.15, 0.2) is 0 Å². The van der Waals surface area contributed by atoms with Crippen LogP contribution in [0.3, 0.4) is 0 Å². The summed E-state index contributed by atoms with van der Waals surface area (Å²) in [4.78, 5) is 30.8. The van der Waals surface area contributed by atoms with Crippen LogP contribution in [0.25, 0.3) is 0 Å². The molecule has 0 aromatic carbocycles. The van der Waals surface area contributed by atoms with E-state index in [2.05, 4.69) is 0 Å². The van der Waals surface area contributed by atoms with Gasteiger partial charge in [0.05, 0.1) is 7.11 Å². The second-order valence-corrected chi connectivity index (χ2v) is 7.10. The van der Waals surface area contributed by atoms with Crippen molar-refractivity contribution < 1.29 is 19.2 Å². The molecule has 2 aliphatic rings. The zero-order valence-electron chi connectivity index (χ0n) is 13.6. The fourth-order valence-corrected chi connectivity index (χ4v) is 3.02. The van der Waals surface area contributed by atoms with Crippen molar-refractivity contribution in [2.75, 3.05) is 27.2 Å². The van der Waals surface area contributed by atoms with Crippen LogP contribution >= 0.6 is 0 Å². The first-order chi connectivity index (χ1) is 9.68. The molecule has 6 heteroatoms. The van der Waals surface area contributed by atoms with Gasteiger partial charge in [0.1, 0.15) is 5.60 Å². The van der Waals surface area contributed by atoms with E-state index in [1.165, 1.54) is 12.2 Å². The summed E-state index contributed by atoms with van der Waals surface area (Å²) in [5, 5.41) is 1.31. The van der Waals surface area contributed by atoms with Crippen LogP contribution in [0.5, 0.6) is 0 Å². The van der Waals surface area contributed by atoms with Gasteiger partial charge in [0.25, 0.3) is 0 Å². The SMILES string of the molecule is CON(C)C(=O)C1CC12CCN(C(=O)OC(C)(C)C)CC2. The molecule has 1 aliphatic carbocycles. The molecular weight excluding hydrogens is 272 g/mol. The van der Waals surface area contributed by atoms with Crippen LogP contribution < -0.4 is 0 Å². The maximum Gasteiger partial charge on any atom is 0.410 e. The fourth-order valence-electron chi connectivity index (χ4n) is 3.02. The van der Waals surface area contributed by atoms with Gasteiger partial charge >= 0.3 is 6.09 Å². The highest BCUT2D eigenvalue weighted by Gasteiger charge is 2.59. The fraction of sp³-hybridized carbons (Fsp3) is 0.867. The summed E-state index contributed by atoms with van der Waals surface area (Å²) in [6.45, 7) is 6.93. The molecule has 0 bridgehead atoms. The van der Waals surface area contributed by atoms with Gasteiger partial charge in [-0.25, -0.2) is 9.86 Å². The number of rotatable bonds is 2. The van der Waals surface area contributed by atoms with Crippen molar-refractivity contribution in [3.8, 4) is 0 Å². The lowest BCUT2D eigenvalue weighted by atomic mass is 9.91. The number of nitrogens with zero attached hydrogens (tertiary/aromatic N) is 2. The summed E-state index contributed by atoms with van der Waals surface area (Å²) >= 11 is 0. The predicted molar refractivity (Wildman–Crippen MR) is 77.4 cm³/mol. The molecular formula is C15H26N2O4. The molecule has 1 heterocycles. The lowest BCUT2D eigenvalue weighted by molar-refractivity contribution is -0.171. The van der Waals surface area contributed by atoms with Gasteiger partial charge in [-0.1, -0.05) is 0 Å². The maximum absolute atomic E-state index is 12.1. The van der Waals surface area contributed by atoms with Gasteiger partial charge in [-0.05, 0) is 45.4 Å². The van der Waals surface area contributed by atoms with E-state index < -0.39 is 5.60 Å². The molecule has 0 aromatic rings. The standard InChI is InChI=1S/C15H26N2O4/c1-14(2,3)21-13(19)17-8-6-15(7-9-17)10-11(15)12(18)16(4)20-5/h11H,6-10H2,1-5H3. The molecule has 1 atom stereocenters. The Morgan fingerprint density at radius 3 is 2.29 bits per heavy atom. The highest BCUT2D eigenvalue weighted by molar-refractivity contribution is 5.81. The van der Waals surface area contributed by atoms with E-state index in [-0.39, 0.29) is 23.3 Å². The van der Waals surface area contributed by atoms with Gasteiger partial charge in [0.2, 0.25) is 5.91 Å². The predicted octanol–water partition coefficient (Wildman–Crippen LogP) is 2.04. The van der Waals surface area contributed by atoms with Gasteiger partial charge in [-0.15, -0.1) is 0 Å². The molecule has 6 nitrogen and oxygen atoms in total. The maximum atomic E-state index is 12.1. The number of likely N-dealkylation sites (tertiary alicyclic amines) is 1. The minimum atomic E-state index is -0.467. The molecule has 2 amide bonds. The van der Waals surface area contributed by atoms with Crippen LogP contribution in [-0.2, 0) is 14.4 Å². The van der Waals surface area contributed by atoms with E-state index in [1.54, 1.807) is 11.9 Å². The molecule has 1 spiro atoms. The van der Waals surface area contributed by atoms with E-state index in [0.717, 1.165) is 19.3 Å². The van der Waals surface area contributed by atoms with Gasteiger partial charge in [0, 0.05) is 26.1 Å². The molecule has 2 rings (SSSR count). The Morgan fingerprint density at radius 1 is 1.24 bits per heavy atom. The van der Waals surface area contributed by atoms with Crippen molar-refractivity contribution >= 4 is 12.0 Å². The minimum Gasteiger partial charge on any atom is -0.444 e. The average molecular weight is 298 g/mol. The summed E-state index contributed by atoms with van der Waals surface area (Å²) in [5.41, 5.74) is -0.395. The first-order valence-electron chi connectivity index (χ1n) is 7.48. The van der Waals surface area contributed by atoms with Crippen molar-refractivity contribution in [2.45, 2.75) is 45.6 Å². The zero-order chi connectivity index (χ0) is 15.8. The molecule has 1 aliphatic heterocycles. The van der Waals surface area contributed by atoms with Crippen LogP contribution in [0.4, 0.5) is 4.79 Å². The van der Waals surface area contributed by atoms with E-state index in [9.17, 15) is 9.59 Å². The highest BCUT2D eigenvalue weighted by Crippen LogP contribution is 2.60. The Morgan fingerprint density at radius 2 is 1.81 bits per heavy atom. The van der Waals surface area contributed by atoms with E-state index >= 15 is 0 Å². The lowest BCUT2D eigenvalue weighted by Crippen LogP contribution is -2.43. The smallest absolute Gasteiger partial charge is 0.410 e. The normalized spacial score (nSPS) is 23.9. The molecule has 2 fully saturated rings. The third-order valence-electron chi connectivity index (χ3n) is 4.48. The average Bonchev–Trinajstić information content (AvgIpc) is 3.09. The second kappa shape index (κ2) is 5.48. The molecule has 0 radical (unpaired) electrons. The summed E-state index contributed by atoms with van der Waals surface area (Å²) in [5.74, 6) is 0.0893. The summed E-state index contributed by atoms with van der Waals surface area (Å²) < 4.78 is 5.39. The Labute approximate surface area is 126 Å². The molecule has 0 N–H and O–H groups in total. The van der Waals surface area contributed by atoms with Crippen LogP contribution in [0.15, 0.2) is 0 Å². The number of ether oxygens (including phenoxy) is 1. The molecule has 0 aromatic heterocycles. The largest absolute Gasteiger partial charge is 0.444 e. The molecule has 1 unspecified atom stereocenters. The third kappa shape index (κ3) is 3.48. The number of hydrogen-bond donors (Lipinski definition) is 0. The van der Waals surface area contributed by atoms with Gasteiger partial charge in [-0.2, -0.15) is 0 Å². The monoisotopic (exact) mass is 298 g/mol. The number of hydroxylamine groups is 2. The molecule has 21 heavy (non-hydrogen) atoms. The van der Waals surface area contributed by atoms with E-state index in [1.807, 2.05) is 20.8 Å². The lowest BCUT2D eigenvalue weighted by Gasteiger charge is -2.34. The summed E-state index contributed by atoms with van der Waals surface area (Å²) in [6, 6.07) is 0. The van der Waals surface area contributed by atoms with Crippen molar-refractivity contribution in [3.63, 3.8) is 0 Å². The topological polar surface area (TPSA) is 59.1 Å². The first-order valence-corrected chi connectivity index (χ1v) is 7.48.